The number of aromatic amines is 2. The van der Waals surface area contributed by atoms with Gasteiger partial charge in [-0.25, -0.2) is 9.97 Å². The zero-order valence-electron chi connectivity index (χ0n) is 17.8. The lowest BCUT2D eigenvalue weighted by Gasteiger charge is -2.22. The second-order valence-electron chi connectivity index (χ2n) is 7.99. The van der Waals surface area contributed by atoms with Gasteiger partial charge in [0.2, 0.25) is 5.82 Å². The second kappa shape index (κ2) is 8.24. The summed E-state index contributed by atoms with van der Waals surface area (Å²) in [5, 5.41) is 10.4. The van der Waals surface area contributed by atoms with E-state index in [2.05, 4.69) is 30.5 Å². The predicted octanol–water partition coefficient (Wildman–Crippen LogP) is 3.53. The Bertz CT molecular complexity index is 1370. The van der Waals surface area contributed by atoms with Gasteiger partial charge < -0.3 is 15.3 Å². The van der Waals surface area contributed by atoms with Gasteiger partial charge in [-0.2, -0.15) is 0 Å². The maximum Gasteiger partial charge on any atom is 0.289 e. The summed E-state index contributed by atoms with van der Waals surface area (Å²) in [5.74, 6) is -0.122. The van der Waals surface area contributed by atoms with Crippen molar-refractivity contribution in [2.75, 3.05) is 20.6 Å². The molecule has 5 aromatic rings. The Balaban J connectivity index is 1.47. The molecule has 2 aromatic carbocycles. The smallest absolute Gasteiger partial charge is 0.289 e. The number of nitrogens with zero attached hydrogens (tertiary/aromatic N) is 4. The highest BCUT2D eigenvalue weighted by Crippen LogP contribution is 2.29. The quantitative estimate of drug-likeness (QED) is 0.386. The summed E-state index contributed by atoms with van der Waals surface area (Å²) in [5.41, 5.74) is 5.23. The molecule has 160 valence electrons. The van der Waals surface area contributed by atoms with Crippen LogP contribution in [0.15, 0.2) is 67.0 Å². The maximum atomic E-state index is 13.0. The Morgan fingerprint density at radius 3 is 2.44 bits per heavy atom. The molecule has 0 aliphatic rings. The van der Waals surface area contributed by atoms with Gasteiger partial charge >= 0.3 is 0 Å². The first-order valence-electron chi connectivity index (χ1n) is 10.4. The number of imidazole rings is 1. The summed E-state index contributed by atoms with van der Waals surface area (Å²) in [7, 11) is 3.96. The van der Waals surface area contributed by atoms with Gasteiger partial charge in [0.05, 0.1) is 28.3 Å². The van der Waals surface area contributed by atoms with E-state index < -0.39 is 0 Å². The third kappa shape index (κ3) is 3.83. The highest BCUT2D eigenvalue weighted by Gasteiger charge is 2.20. The van der Waals surface area contributed by atoms with E-state index in [9.17, 15) is 4.79 Å². The maximum absolute atomic E-state index is 13.0. The molecule has 0 saturated carbocycles. The fraction of sp³-hybridized carbons (Fsp3) is 0.167. The van der Waals surface area contributed by atoms with Crippen molar-refractivity contribution < 1.29 is 4.79 Å². The fourth-order valence-corrected chi connectivity index (χ4v) is 3.87. The van der Waals surface area contributed by atoms with Crippen LogP contribution < -0.4 is 5.32 Å². The number of likely N-dealkylation sites (N-methyl/N-ethyl adjacent to an activating group) is 1. The molecule has 3 aromatic heterocycles. The highest BCUT2D eigenvalue weighted by atomic mass is 16.2. The Morgan fingerprint density at radius 1 is 1.00 bits per heavy atom. The Labute approximate surface area is 184 Å². The number of hydrogen-bond acceptors (Lipinski definition) is 5. The number of aromatic nitrogens is 5. The minimum atomic E-state index is -0.290. The SMILES string of the molecule is CN(C)CC(NC(=O)c1nc2cc3[nH][nH]c(-c4ccncc4)c3cc2n1)c1ccccc1. The van der Waals surface area contributed by atoms with Gasteiger partial charge in [0, 0.05) is 29.9 Å². The molecule has 32 heavy (non-hydrogen) atoms. The van der Waals surface area contributed by atoms with Crippen molar-refractivity contribution >= 4 is 27.8 Å². The molecule has 3 N–H and O–H groups in total. The molecule has 8 nitrogen and oxygen atoms in total. The van der Waals surface area contributed by atoms with E-state index in [0.29, 0.717) is 17.6 Å². The van der Waals surface area contributed by atoms with Crippen LogP contribution in [0.25, 0.3) is 33.2 Å². The van der Waals surface area contributed by atoms with Crippen LogP contribution in [0.4, 0.5) is 0 Å². The molecule has 0 aliphatic heterocycles. The molecular weight excluding hydrogens is 402 g/mol. The van der Waals surface area contributed by atoms with Gasteiger partial charge in [-0.05, 0) is 43.9 Å². The number of rotatable bonds is 6. The first kappa shape index (κ1) is 19.9. The molecule has 0 radical (unpaired) electrons. The first-order valence-corrected chi connectivity index (χ1v) is 10.4. The average Bonchev–Trinajstić information content (AvgIpc) is 3.41. The number of H-pyrrole nitrogens is 2. The normalized spacial score (nSPS) is 12.5. The summed E-state index contributed by atoms with van der Waals surface area (Å²) in [6, 6.07) is 17.5. The predicted molar refractivity (Wildman–Crippen MR) is 124 cm³/mol. The van der Waals surface area contributed by atoms with Gasteiger partial charge in [-0.3, -0.25) is 14.9 Å². The van der Waals surface area contributed by atoms with Crippen molar-refractivity contribution in [2.45, 2.75) is 6.04 Å². The van der Waals surface area contributed by atoms with Crippen LogP contribution in [0, 0.1) is 0 Å². The molecule has 3 heterocycles. The third-order valence-electron chi connectivity index (χ3n) is 5.39. The summed E-state index contributed by atoms with van der Waals surface area (Å²) >= 11 is 0. The summed E-state index contributed by atoms with van der Waals surface area (Å²) in [4.78, 5) is 28.2. The van der Waals surface area contributed by atoms with Crippen LogP contribution in [0.1, 0.15) is 22.2 Å². The summed E-state index contributed by atoms with van der Waals surface area (Å²) < 4.78 is 0. The van der Waals surface area contributed by atoms with Crippen molar-refractivity contribution in [2.24, 2.45) is 0 Å². The van der Waals surface area contributed by atoms with Crippen molar-refractivity contribution in [1.29, 1.82) is 0 Å². The molecule has 1 unspecified atom stereocenters. The lowest BCUT2D eigenvalue weighted by Crippen LogP contribution is -2.35. The second-order valence-corrected chi connectivity index (χ2v) is 7.99. The lowest BCUT2D eigenvalue weighted by molar-refractivity contribution is 0.0920. The molecule has 5 rings (SSSR count). The van der Waals surface area contributed by atoms with Crippen LogP contribution in [-0.2, 0) is 0 Å². The van der Waals surface area contributed by atoms with E-state index >= 15 is 0 Å². The van der Waals surface area contributed by atoms with Crippen molar-refractivity contribution in [3.63, 3.8) is 0 Å². The molecule has 1 atom stereocenters. The van der Waals surface area contributed by atoms with Crippen LogP contribution in [0.3, 0.4) is 0 Å². The number of nitrogens with one attached hydrogen (secondary N) is 3. The highest BCUT2D eigenvalue weighted by molar-refractivity contribution is 6.02. The standard InChI is InChI=1S/C24H23N7O/c1-31(2)14-21(15-6-4-3-5-7-15)28-24(32)23-26-19-12-17-18(13-20(19)27-23)29-30-22(17)16-8-10-25-11-9-16/h3-13,21,29-30H,14H2,1-2H3,(H,28,32). The largest absolute Gasteiger partial charge is 0.341 e. The summed E-state index contributed by atoms with van der Waals surface area (Å²) in [6.45, 7) is 0.671. The number of benzene rings is 2. The number of amides is 1. The van der Waals surface area contributed by atoms with E-state index in [0.717, 1.165) is 27.7 Å². The van der Waals surface area contributed by atoms with Gasteiger partial charge in [-0.1, -0.05) is 30.3 Å². The Hall–Kier alpha value is -4.04. The molecule has 0 saturated heterocycles. The van der Waals surface area contributed by atoms with Crippen LogP contribution in [-0.4, -0.2) is 56.6 Å². The topological polar surface area (TPSA) is 103 Å². The minimum absolute atomic E-state index is 0.164. The van der Waals surface area contributed by atoms with Crippen molar-refractivity contribution in [3.8, 4) is 11.3 Å². The molecule has 1 amide bonds. The van der Waals surface area contributed by atoms with E-state index in [1.165, 1.54) is 0 Å². The van der Waals surface area contributed by atoms with Gasteiger partial charge in [0.1, 0.15) is 0 Å². The van der Waals surface area contributed by atoms with Gasteiger partial charge in [0.25, 0.3) is 5.91 Å². The van der Waals surface area contributed by atoms with Gasteiger partial charge in [0.15, 0.2) is 0 Å². The molecule has 0 spiro atoms. The lowest BCUT2D eigenvalue weighted by atomic mass is 10.1. The monoisotopic (exact) mass is 425 g/mol. The molecule has 0 fully saturated rings. The van der Waals surface area contributed by atoms with E-state index in [1.54, 1.807) is 12.4 Å². The first-order chi connectivity index (χ1) is 15.6. The average molecular weight is 425 g/mol. The fourth-order valence-electron chi connectivity index (χ4n) is 3.87. The zero-order chi connectivity index (χ0) is 22.1. The van der Waals surface area contributed by atoms with Crippen LogP contribution in [0.5, 0.6) is 0 Å². The van der Waals surface area contributed by atoms with Gasteiger partial charge in [-0.15, -0.1) is 0 Å². The van der Waals surface area contributed by atoms with E-state index in [1.807, 2.05) is 73.6 Å². The molecule has 0 bridgehead atoms. The Kier molecular flexibility index (Phi) is 5.12. The van der Waals surface area contributed by atoms with E-state index in [4.69, 9.17) is 0 Å². The molecular formula is C24H23N7O. The number of carbonyl (C=O) groups excluding carboxylic acids is 1. The van der Waals surface area contributed by atoms with Crippen LogP contribution in [0.2, 0.25) is 0 Å². The van der Waals surface area contributed by atoms with Crippen LogP contribution >= 0.6 is 0 Å². The zero-order valence-corrected chi connectivity index (χ0v) is 17.8. The van der Waals surface area contributed by atoms with E-state index in [-0.39, 0.29) is 17.8 Å². The molecule has 0 aliphatic carbocycles. The van der Waals surface area contributed by atoms with Crippen molar-refractivity contribution in [3.05, 3.63) is 78.4 Å². The number of fused-ring (bicyclic) bond motifs is 2. The summed E-state index contributed by atoms with van der Waals surface area (Å²) in [6.07, 6.45) is 3.50. The number of hydrogen-bond donors (Lipinski definition) is 3. The minimum Gasteiger partial charge on any atom is -0.341 e. The third-order valence-corrected chi connectivity index (χ3v) is 5.39. The van der Waals surface area contributed by atoms with Crippen molar-refractivity contribution in [1.82, 2.24) is 35.4 Å². The number of pyridine rings is 1. The molecule has 8 heteroatoms. The number of carbonyl (C=O) groups is 1. The Morgan fingerprint density at radius 2 is 1.72 bits per heavy atom.